The van der Waals surface area contributed by atoms with Gasteiger partial charge in [-0.2, -0.15) is 0 Å². The Morgan fingerprint density at radius 2 is 2.17 bits per heavy atom. The van der Waals surface area contributed by atoms with Gasteiger partial charge in [0.25, 0.3) is 5.91 Å². The van der Waals surface area contributed by atoms with E-state index >= 15 is 0 Å². The van der Waals surface area contributed by atoms with E-state index in [1.54, 1.807) is 31.0 Å². The first-order chi connectivity index (χ1) is 11.0. The summed E-state index contributed by atoms with van der Waals surface area (Å²) in [4.78, 5) is 19.2. The van der Waals surface area contributed by atoms with Crippen molar-refractivity contribution in [2.75, 3.05) is 13.6 Å². The van der Waals surface area contributed by atoms with Crippen molar-refractivity contribution in [2.24, 2.45) is 0 Å². The van der Waals surface area contributed by atoms with Crippen molar-refractivity contribution in [3.8, 4) is 0 Å². The minimum Gasteiger partial charge on any atom is -0.393 e. The number of rotatable bonds is 5. The summed E-state index contributed by atoms with van der Waals surface area (Å²) in [6.07, 6.45) is 2.41. The molecular weight excluding hydrogens is 312 g/mol. The number of benzene rings is 1. The molecule has 5 heteroatoms. The summed E-state index contributed by atoms with van der Waals surface area (Å²) in [5, 5.41) is 10.8. The maximum Gasteiger partial charge on any atom is 0.254 e. The van der Waals surface area contributed by atoms with Crippen LogP contribution in [0, 0.1) is 0 Å². The van der Waals surface area contributed by atoms with Crippen LogP contribution in [-0.2, 0) is 0 Å². The number of carbonyl (C=O) groups excluding carboxylic acids is 1. The van der Waals surface area contributed by atoms with Gasteiger partial charge in [0.05, 0.1) is 17.2 Å². The zero-order chi connectivity index (χ0) is 16.6. The summed E-state index contributed by atoms with van der Waals surface area (Å²) < 4.78 is 0. The first-order valence-electron chi connectivity index (χ1n) is 7.99. The van der Waals surface area contributed by atoms with Gasteiger partial charge in [0.2, 0.25) is 0 Å². The van der Waals surface area contributed by atoms with E-state index < -0.39 is 6.10 Å². The van der Waals surface area contributed by atoms with E-state index in [-0.39, 0.29) is 5.91 Å². The van der Waals surface area contributed by atoms with Crippen LogP contribution in [0.4, 0.5) is 0 Å². The van der Waals surface area contributed by atoms with Crippen LogP contribution >= 0.6 is 11.6 Å². The number of carbonyl (C=O) groups is 1. The Bertz CT molecular complexity index is 741. The highest BCUT2D eigenvalue weighted by Gasteiger charge is 2.27. The quantitative estimate of drug-likeness (QED) is 0.910. The van der Waals surface area contributed by atoms with Crippen LogP contribution in [0.1, 0.15) is 48.2 Å². The van der Waals surface area contributed by atoms with Crippen LogP contribution in [0.2, 0.25) is 5.02 Å². The van der Waals surface area contributed by atoms with Crippen LogP contribution in [0.3, 0.4) is 0 Å². The molecule has 1 unspecified atom stereocenters. The fraction of sp³-hybridized carbons (Fsp3) is 0.444. The molecule has 23 heavy (non-hydrogen) atoms. The van der Waals surface area contributed by atoms with Gasteiger partial charge in [-0.3, -0.25) is 9.78 Å². The molecule has 1 atom stereocenters. The molecule has 0 radical (unpaired) electrons. The lowest BCUT2D eigenvalue weighted by Crippen LogP contribution is -2.29. The Morgan fingerprint density at radius 1 is 1.43 bits per heavy atom. The van der Waals surface area contributed by atoms with Crippen LogP contribution in [0.25, 0.3) is 10.9 Å². The molecule has 4 nitrogen and oxygen atoms in total. The molecule has 1 aromatic carbocycles. The molecule has 0 bridgehead atoms. The fourth-order valence-corrected chi connectivity index (χ4v) is 2.84. The molecule has 1 heterocycles. The van der Waals surface area contributed by atoms with E-state index in [4.69, 9.17) is 11.6 Å². The second-order valence-electron chi connectivity index (χ2n) is 6.39. The number of hydrogen-bond donors (Lipinski definition) is 1. The van der Waals surface area contributed by atoms with Crippen LogP contribution < -0.4 is 0 Å². The molecule has 2 aromatic rings. The number of halogens is 1. The van der Waals surface area contributed by atoms with E-state index in [1.165, 1.54) is 0 Å². The van der Waals surface area contributed by atoms with Crippen LogP contribution in [0.15, 0.2) is 24.3 Å². The molecule has 0 aliphatic heterocycles. The molecule has 1 amide bonds. The van der Waals surface area contributed by atoms with Crippen LogP contribution in [0.5, 0.6) is 0 Å². The summed E-state index contributed by atoms with van der Waals surface area (Å²) in [5.74, 6) is 0.423. The van der Waals surface area contributed by atoms with Crippen molar-refractivity contribution < 1.29 is 9.90 Å². The standard InChI is InChI=1S/C18H21ClN2O2/c1-11(22)7-8-21(2)18(23)15-10-17(12-3-4-12)20-16-6-5-13(19)9-14(15)16/h5-6,9-12,22H,3-4,7-8H2,1-2H3. The summed E-state index contributed by atoms with van der Waals surface area (Å²) in [6.45, 7) is 2.24. The highest BCUT2D eigenvalue weighted by molar-refractivity contribution is 6.31. The minimum atomic E-state index is -0.420. The Kier molecular flexibility index (Phi) is 4.55. The van der Waals surface area contributed by atoms with Crippen molar-refractivity contribution in [1.29, 1.82) is 0 Å². The van der Waals surface area contributed by atoms with Crippen molar-refractivity contribution >= 4 is 28.4 Å². The second kappa shape index (κ2) is 6.46. The number of pyridine rings is 1. The van der Waals surface area contributed by atoms with Gasteiger partial charge in [0.1, 0.15) is 0 Å². The topological polar surface area (TPSA) is 53.4 Å². The number of aliphatic hydroxyl groups is 1. The number of aliphatic hydroxyl groups excluding tert-OH is 1. The van der Waals surface area contributed by atoms with Gasteiger partial charge in [-0.25, -0.2) is 0 Å². The molecular formula is C18H21ClN2O2. The fourth-order valence-electron chi connectivity index (χ4n) is 2.67. The zero-order valence-corrected chi connectivity index (χ0v) is 14.2. The number of amides is 1. The monoisotopic (exact) mass is 332 g/mol. The lowest BCUT2D eigenvalue weighted by molar-refractivity contribution is 0.0770. The lowest BCUT2D eigenvalue weighted by atomic mass is 10.0. The number of hydrogen-bond acceptors (Lipinski definition) is 3. The Hall–Kier alpha value is -1.65. The third-order valence-electron chi connectivity index (χ3n) is 4.25. The Morgan fingerprint density at radius 3 is 2.83 bits per heavy atom. The maximum atomic E-state index is 12.9. The summed E-state index contributed by atoms with van der Waals surface area (Å²) >= 11 is 6.11. The molecule has 1 fully saturated rings. The first-order valence-corrected chi connectivity index (χ1v) is 8.37. The predicted molar refractivity (Wildman–Crippen MR) is 92.0 cm³/mol. The summed E-state index contributed by atoms with van der Waals surface area (Å²) in [5.41, 5.74) is 2.45. The smallest absolute Gasteiger partial charge is 0.254 e. The lowest BCUT2D eigenvalue weighted by Gasteiger charge is -2.19. The average Bonchev–Trinajstić information content (AvgIpc) is 3.35. The van der Waals surface area contributed by atoms with E-state index in [0.29, 0.717) is 29.5 Å². The highest BCUT2D eigenvalue weighted by atomic mass is 35.5. The molecule has 1 aliphatic carbocycles. The number of fused-ring (bicyclic) bond motifs is 1. The van der Waals surface area contributed by atoms with Crippen LogP contribution in [-0.4, -0.2) is 40.6 Å². The Balaban J connectivity index is 1.99. The molecule has 0 saturated heterocycles. The number of nitrogens with zero attached hydrogens (tertiary/aromatic N) is 2. The zero-order valence-electron chi connectivity index (χ0n) is 13.4. The molecule has 122 valence electrons. The molecule has 3 rings (SSSR count). The van der Waals surface area contributed by atoms with E-state index in [0.717, 1.165) is 29.4 Å². The Labute approximate surface area is 141 Å². The van der Waals surface area contributed by atoms with Gasteiger partial charge in [-0.05, 0) is 50.5 Å². The van der Waals surface area contributed by atoms with E-state index in [1.807, 2.05) is 12.1 Å². The first kappa shape index (κ1) is 16.2. The molecule has 1 N–H and O–H groups in total. The molecule has 1 aliphatic rings. The SMILES string of the molecule is CC(O)CCN(C)C(=O)c1cc(C2CC2)nc2ccc(Cl)cc12. The third kappa shape index (κ3) is 3.65. The average molecular weight is 333 g/mol. The largest absolute Gasteiger partial charge is 0.393 e. The highest BCUT2D eigenvalue weighted by Crippen LogP contribution is 2.40. The van der Waals surface area contributed by atoms with Gasteiger partial charge in [-0.15, -0.1) is 0 Å². The van der Waals surface area contributed by atoms with Gasteiger partial charge in [-0.1, -0.05) is 11.6 Å². The van der Waals surface area contributed by atoms with Gasteiger partial charge >= 0.3 is 0 Å². The molecule has 1 aromatic heterocycles. The van der Waals surface area contributed by atoms with Crippen molar-refractivity contribution in [1.82, 2.24) is 9.88 Å². The second-order valence-corrected chi connectivity index (χ2v) is 6.83. The van der Waals surface area contributed by atoms with Crippen molar-refractivity contribution in [2.45, 2.75) is 38.2 Å². The van der Waals surface area contributed by atoms with E-state index in [9.17, 15) is 9.90 Å². The van der Waals surface area contributed by atoms with Gasteiger partial charge in [0, 0.05) is 35.6 Å². The predicted octanol–water partition coefficient (Wildman–Crippen LogP) is 3.61. The van der Waals surface area contributed by atoms with Crippen molar-refractivity contribution in [3.05, 3.63) is 40.5 Å². The van der Waals surface area contributed by atoms with E-state index in [2.05, 4.69) is 4.98 Å². The maximum absolute atomic E-state index is 12.9. The minimum absolute atomic E-state index is 0.0535. The van der Waals surface area contributed by atoms with Gasteiger partial charge in [0.15, 0.2) is 0 Å². The normalized spacial score (nSPS) is 15.7. The van der Waals surface area contributed by atoms with Crippen molar-refractivity contribution in [3.63, 3.8) is 0 Å². The molecule has 0 spiro atoms. The summed E-state index contributed by atoms with van der Waals surface area (Å²) in [6, 6.07) is 7.39. The summed E-state index contributed by atoms with van der Waals surface area (Å²) in [7, 11) is 1.76. The molecule has 1 saturated carbocycles. The van der Waals surface area contributed by atoms with Gasteiger partial charge < -0.3 is 10.0 Å². The third-order valence-corrected chi connectivity index (χ3v) is 4.48. The number of aromatic nitrogens is 1.